The Balaban J connectivity index is 2.10. The SMILES string of the molecule is CCN1CCN(C(=O)c2cccc(Cl)c2N)CC1. The molecule has 0 saturated carbocycles. The van der Waals surface area contributed by atoms with Crippen LogP contribution in [0.25, 0.3) is 0 Å². The molecule has 0 spiro atoms. The number of amides is 1. The minimum Gasteiger partial charge on any atom is -0.397 e. The van der Waals surface area contributed by atoms with E-state index in [4.69, 9.17) is 17.3 Å². The summed E-state index contributed by atoms with van der Waals surface area (Å²) in [5, 5.41) is 0.438. The molecule has 0 atom stereocenters. The summed E-state index contributed by atoms with van der Waals surface area (Å²) >= 11 is 5.94. The first kappa shape index (κ1) is 13.2. The molecule has 0 aliphatic carbocycles. The predicted molar refractivity (Wildman–Crippen MR) is 73.9 cm³/mol. The average Bonchev–Trinajstić information content (AvgIpc) is 2.41. The van der Waals surface area contributed by atoms with Gasteiger partial charge in [-0.15, -0.1) is 0 Å². The summed E-state index contributed by atoms with van der Waals surface area (Å²) in [6, 6.07) is 5.19. The fourth-order valence-corrected chi connectivity index (χ4v) is 2.34. The van der Waals surface area contributed by atoms with E-state index in [0.717, 1.165) is 32.7 Å². The fourth-order valence-electron chi connectivity index (χ4n) is 2.16. The summed E-state index contributed by atoms with van der Waals surface area (Å²) in [5.41, 5.74) is 6.74. The number of hydrogen-bond acceptors (Lipinski definition) is 3. The van der Waals surface area contributed by atoms with Crippen molar-refractivity contribution in [3.8, 4) is 0 Å². The van der Waals surface area contributed by atoms with Crippen molar-refractivity contribution in [2.45, 2.75) is 6.92 Å². The number of hydrogen-bond donors (Lipinski definition) is 1. The monoisotopic (exact) mass is 267 g/mol. The van der Waals surface area contributed by atoms with E-state index in [9.17, 15) is 4.79 Å². The Morgan fingerprint density at radius 3 is 2.61 bits per heavy atom. The Kier molecular flexibility index (Phi) is 4.09. The zero-order valence-electron chi connectivity index (χ0n) is 10.5. The zero-order valence-corrected chi connectivity index (χ0v) is 11.3. The minimum atomic E-state index is -0.0225. The van der Waals surface area contributed by atoms with Crippen molar-refractivity contribution in [3.63, 3.8) is 0 Å². The smallest absolute Gasteiger partial charge is 0.256 e. The summed E-state index contributed by atoms with van der Waals surface area (Å²) in [5.74, 6) is -0.0225. The molecule has 1 aliphatic heterocycles. The summed E-state index contributed by atoms with van der Waals surface area (Å²) < 4.78 is 0. The Morgan fingerprint density at radius 2 is 2.00 bits per heavy atom. The van der Waals surface area contributed by atoms with Gasteiger partial charge in [-0.25, -0.2) is 0 Å². The van der Waals surface area contributed by atoms with Crippen molar-refractivity contribution in [1.29, 1.82) is 0 Å². The second kappa shape index (κ2) is 5.59. The molecular weight excluding hydrogens is 250 g/mol. The number of rotatable bonds is 2. The molecule has 1 amide bonds. The fraction of sp³-hybridized carbons (Fsp3) is 0.462. The number of para-hydroxylation sites is 1. The predicted octanol–water partition coefficient (Wildman–Crippen LogP) is 1.70. The average molecular weight is 268 g/mol. The van der Waals surface area contributed by atoms with Crippen molar-refractivity contribution in [2.75, 3.05) is 38.5 Å². The highest BCUT2D eigenvalue weighted by Gasteiger charge is 2.23. The van der Waals surface area contributed by atoms with E-state index in [1.807, 2.05) is 4.90 Å². The Bertz CT molecular complexity index is 442. The molecule has 0 bridgehead atoms. The molecular formula is C13H18ClN3O. The number of piperazine rings is 1. The second-order valence-corrected chi connectivity index (χ2v) is 4.83. The number of nitrogens with zero attached hydrogens (tertiary/aromatic N) is 2. The number of anilines is 1. The van der Waals surface area contributed by atoms with Gasteiger partial charge >= 0.3 is 0 Å². The lowest BCUT2D eigenvalue weighted by molar-refractivity contribution is 0.0644. The number of likely N-dealkylation sites (N-methyl/N-ethyl adjacent to an activating group) is 1. The van der Waals surface area contributed by atoms with Crippen LogP contribution in [-0.4, -0.2) is 48.4 Å². The van der Waals surface area contributed by atoms with Gasteiger partial charge in [0.2, 0.25) is 0 Å². The molecule has 2 N–H and O–H groups in total. The topological polar surface area (TPSA) is 49.6 Å². The molecule has 0 radical (unpaired) electrons. The van der Waals surface area contributed by atoms with Crippen molar-refractivity contribution in [3.05, 3.63) is 28.8 Å². The molecule has 1 fully saturated rings. The number of carbonyl (C=O) groups excluding carboxylic acids is 1. The molecule has 2 rings (SSSR count). The molecule has 1 saturated heterocycles. The Hall–Kier alpha value is -1.26. The van der Waals surface area contributed by atoms with Crippen LogP contribution in [0.2, 0.25) is 5.02 Å². The number of carbonyl (C=O) groups is 1. The normalized spacial score (nSPS) is 16.9. The molecule has 0 unspecified atom stereocenters. The molecule has 1 heterocycles. The summed E-state index contributed by atoms with van der Waals surface area (Å²) in [7, 11) is 0. The number of nitrogens with two attached hydrogens (primary N) is 1. The third-order valence-corrected chi connectivity index (χ3v) is 3.72. The quantitative estimate of drug-likeness (QED) is 0.830. The summed E-state index contributed by atoms with van der Waals surface area (Å²) in [6.07, 6.45) is 0. The largest absolute Gasteiger partial charge is 0.397 e. The van der Waals surface area contributed by atoms with E-state index in [2.05, 4.69) is 11.8 Å². The first-order valence-electron chi connectivity index (χ1n) is 6.19. The van der Waals surface area contributed by atoms with Gasteiger partial charge in [0.05, 0.1) is 16.3 Å². The lowest BCUT2D eigenvalue weighted by Gasteiger charge is -2.34. The van der Waals surface area contributed by atoms with Gasteiger partial charge < -0.3 is 15.5 Å². The van der Waals surface area contributed by atoms with E-state index in [1.165, 1.54) is 0 Å². The Labute approximate surface area is 112 Å². The van der Waals surface area contributed by atoms with E-state index in [-0.39, 0.29) is 5.91 Å². The van der Waals surface area contributed by atoms with E-state index >= 15 is 0 Å². The third-order valence-electron chi connectivity index (χ3n) is 3.39. The van der Waals surface area contributed by atoms with E-state index in [1.54, 1.807) is 18.2 Å². The van der Waals surface area contributed by atoms with Gasteiger partial charge in [-0.1, -0.05) is 24.6 Å². The van der Waals surface area contributed by atoms with Gasteiger partial charge in [0.1, 0.15) is 0 Å². The lowest BCUT2D eigenvalue weighted by Crippen LogP contribution is -2.48. The maximum Gasteiger partial charge on any atom is 0.256 e. The molecule has 4 nitrogen and oxygen atoms in total. The second-order valence-electron chi connectivity index (χ2n) is 4.43. The molecule has 1 aliphatic rings. The molecule has 5 heteroatoms. The van der Waals surface area contributed by atoms with Crippen LogP contribution < -0.4 is 5.73 Å². The van der Waals surface area contributed by atoms with Gasteiger partial charge in [0.15, 0.2) is 0 Å². The van der Waals surface area contributed by atoms with Gasteiger partial charge in [-0.3, -0.25) is 4.79 Å². The number of halogens is 1. The van der Waals surface area contributed by atoms with Crippen LogP contribution in [0.4, 0.5) is 5.69 Å². The van der Waals surface area contributed by atoms with Gasteiger partial charge in [0.25, 0.3) is 5.91 Å². The van der Waals surface area contributed by atoms with Crippen LogP contribution in [0.5, 0.6) is 0 Å². The molecule has 1 aromatic carbocycles. The van der Waals surface area contributed by atoms with Crippen molar-refractivity contribution < 1.29 is 4.79 Å². The van der Waals surface area contributed by atoms with Gasteiger partial charge in [0, 0.05) is 26.2 Å². The maximum absolute atomic E-state index is 12.3. The third kappa shape index (κ3) is 2.60. The first-order chi connectivity index (χ1) is 8.63. The molecule has 0 aromatic heterocycles. The summed E-state index contributed by atoms with van der Waals surface area (Å²) in [4.78, 5) is 16.5. The van der Waals surface area contributed by atoms with Crippen molar-refractivity contribution in [1.82, 2.24) is 9.80 Å². The van der Waals surface area contributed by atoms with E-state index < -0.39 is 0 Å². The van der Waals surface area contributed by atoms with Crippen LogP contribution in [0.3, 0.4) is 0 Å². The van der Waals surface area contributed by atoms with Crippen LogP contribution in [0.1, 0.15) is 17.3 Å². The molecule has 18 heavy (non-hydrogen) atoms. The van der Waals surface area contributed by atoms with Crippen LogP contribution in [0.15, 0.2) is 18.2 Å². The number of benzene rings is 1. The minimum absolute atomic E-state index is 0.0225. The zero-order chi connectivity index (χ0) is 13.1. The standard InChI is InChI=1S/C13H18ClN3O/c1-2-16-6-8-17(9-7-16)13(18)10-4-3-5-11(14)12(10)15/h3-5H,2,6-9,15H2,1H3. The van der Waals surface area contributed by atoms with Gasteiger partial charge in [-0.2, -0.15) is 0 Å². The van der Waals surface area contributed by atoms with Crippen LogP contribution >= 0.6 is 11.6 Å². The lowest BCUT2D eigenvalue weighted by atomic mass is 10.1. The highest BCUT2D eigenvalue weighted by atomic mass is 35.5. The summed E-state index contributed by atoms with van der Waals surface area (Å²) in [6.45, 7) is 6.50. The van der Waals surface area contributed by atoms with Crippen molar-refractivity contribution >= 4 is 23.2 Å². The Morgan fingerprint density at radius 1 is 1.33 bits per heavy atom. The molecule has 98 valence electrons. The van der Waals surface area contributed by atoms with Crippen LogP contribution in [-0.2, 0) is 0 Å². The highest BCUT2D eigenvalue weighted by molar-refractivity contribution is 6.33. The molecule has 1 aromatic rings. The number of nitrogen functional groups attached to an aromatic ring is 1. The maximum atomic E-state index is 12.3. The first-order valence-corrected chi connectivity index (χ1v) is 6.57. The van der Waals surface area contributed by atoms with Crippen molar-refractivity contribution in [2.24, 2.45) is 0 Å². The van der Waals surface area contributed by atoms with Gasteiger partial charge in [-0.05, 0) is 18.7 Å². The highest BCUT2D eigenvalue weighted by Crippen LogP contribution is 2.23. The van der Waals surface area contributed by atoms with Crippen LogP contribution in [0, 0.1) is 0 Å². The van der Waals surface area contributed by atoms with E-state index in [0.29, 0.717) is 16.3 Å².